The van der Waals surface area contributed by atoms with Crippen LogP contribution < -0.4 is 10.6 Å². The molecule has 0 amide bonds. The van der Waals surface area contributed by atoms with Crippen LogP contribution in [0.5, 0.6) is 0 Å². The lowest BCUT2D eigenvalue weighted by atomic mass is 9.92. The van der Waals surface area contributed by atoms with Gasteiger partial charge in [-0.25, -0.2) is 23.7 Å². The first-order valence-corrected chi connectivity index (χ1v) is 8.92. The van der Waals surface area contributed by atoms with E-state index in [0.29, 0.717) is 31.0 Å². The molecule has 0 aliphatic heterocycles. The van der Waals surface area contributed by atoms with Crippen LogP contribution in [0, 0.1) is 6.92 Å². The number of halogens is 2. The number of nitrogens with one attached hydrogen (secondary N) is 2. The lowest BCUT2D eigenvalue weighted by molar-refractivity contribution is -0.0361. The zero-order valence-electron chi connectivity index (χ0n) is 13.8. The molecular formula is C16H21F2N5S. The molecule has 3 rings (SSSR count). The third-order valence-corrected chi connectivity index (χ3v) is 4.97. The predicted molar refractivity (Wildman–Crippen MR) is 91.5 cm³/mol. The van der Waals surface area contributed by atoms with Crippen LogP contribution in [-0.4, -0.2) is 34.0 Å². The van der Waals surface area contributed by atoms with Gasteiger partial charge in [0.25, 0.3) is 0 Å². The second-order valence-electron chi connectivity index (χ2n) is 6.17. The van der Waals surface area contributed by atoms with Gasteiger partial charge < -0.3 is 10.6 Å². The number of hydrogen-bond donors (Lipinski definition) is 2. The summed E-state index contributed by atoms with van der Waals surface area (Å²) in [6.07, 6.45) is 0.753. The van der Waals surface area contributed by atoms with Gasteiger partial charge >= 0.3 is 0 Å². The van der Waals surface area contributed by atoms with Crippen LogP contribution in [0.1, 0.15) is 37.1 Å². The van der Waals surface area contributed by atoms with Gasteiger partial charge in [-0.3, -0.25) is 0 Å². The molecule has 2 aromatic heterocycles. The van der Waals surface area contributed by atoms with E-state index in [4.69, 9.17) is 0 Å². The summed E-state index contributed by atoms with van der Waals surface area (Å²) in [6.45, 7) is 2.54. The Kier molecular flexibility index (Phi) is 5.05. The van der Waals surface area contributed by atoms with E-state index in [1.807, 2.05) is 25.4 Å². The molecule has 1 aliphatic rings. The molecule has 0 aromatic carbocycles. The van der Waals surface area contributed by atoms with Crippen LogP contribution in [-0.2, 0) is 6.54 Å². The zero-order chi connectivity index (χ0) is 17.2. The maximum absolute atomic E-state index is 13.3. The van der Waals surface area contributed by atoms with Crippen LogP contribution >= 0.6 is 11.3 Å². The number of hydrogen-bond acceptors (Lipinski definition) is 6. The van der Waals surface area contributed by atoms with Crippen LogP contribution in [0.4, 0.5) is 14.6 Å². The van der Waals surface area contributed by atoms with Crippen molar-refractivity contribution in [1.29, 1.82) is 0 Å². The van der Waals surface area contributed by atoms with Crippen LogP contribution in [0.3, 0.4) is 0 Å². The monoisotopic (exact) mass is 353 g/mol. The minimum atomic E-state index is -2.52. The van der Waals surface area contributed by atoms with Crippen molar-refractivity contribution in [2.45, 2.75) is 51.1 Å². The SMILES string of the molecule is CNCc1cc(NC2CCC(F)(F)CC2)nc(-c2nc(C)cs2)n1. The van der Waals surface area contributed by atoms with Gasteiger partial charge in [0.05, 0.1) is 5.69 Å². The van der Waals surface area contributed by atoms with Gasteiger partial charge in [0.2, 0.25) is 5.92 Å². The number of anilines is 1. The minimum absolute atomic E-state index is 0.0211. The summed E-state index contributed by atoms with van der Waals surface area (Å²) >= 11 is 1.50. The second kappa shape index (κ2) is 7.06. The Labute approximate surface area is 143 Å². The summed E-state index contributed by atoms with van der Waals surface area (Å²) in [7, 11) is 1.85. The van der Waals surface area contributed by atoms with Crippen molar-refractivity contribution in [3.63, 3.8) is 0 Å². The summed E-state index contributed by atoms with van der Waals surface area (Å²) in [5, 5.41) is 9.10. The summed E-state index contributed by atoms with van der Waals surface area (Å²) in [4.78, 5) is 13.5. The van der Waals surface area contributed by atoms with Gasteiger partial charge in [0, 0.05) is 42.6 Å². The van der Waals surface area contributed by atoms with E-state index in [1.165, 1.54) is 11.3 Å². The second-order valence-corrected chi connectivity index (χ2v) is 7.03. The lowest BCUT2D eigenvalue weighted by Crippen LogP contribution is -2.32. The van der Waals surface area contributed by atoms with Gasteiger partial charge in [-0.2, -0.15) is 0 Å². The van der Waals surface area contributed by atoms with Gasteiger partial charge in [-0.05, 0) is 26.8 Å². The quantitative estimate of drug-likeness (QED) is 0.860. The van der Waals surface area contributed by atoms with E-state index in [-0.39, 0.29) is 18.9 Å². The smallest absolute Gasteiger partial charge is 0.248 e. The molecule has 2 N–H and O–H groups in total. The molecule has 1 saturated carbocycles. The Bertz CT molecular complexity index is 694. The van der Waals surface area contributed by atoms with Crippen molar-refractivity contribution in [2.24, 2.45) is 0 Å². The largest absolute Gasteiger partial charge is 0.367 e. The molecule has 0 radical (unpaired) electrons. The summed E-state index contributed by atoms with van der Waals surface area (Å²) < 4.78 is 26.6. The third-order valence-electron chi connectivity index (χ3n) is 4.02. The first-order chi connectivity index (χ1) is 11.4. The fourth-order valence-electron chi connectivity index (χ4n) is 2.79. The van der Waals surface area contributed by atoms with E-state index < -0.39 is 5.92 Å². The van der Waals surface area contributed by atoms with Crippen molar-refractivity contribution in [2.75, 3.05) is 12.4 Å². The van der Waals surface area contributed by atoms with E-state index >= 15 is 0 Å². The predicted octanol–water partition coefficient (Wildman–Crippen LogP) is 3.62. The topological polar surface area (TPSA) is 62.7 Å². The van der Waals surface area contributed by atoms with Gasteiger partial charge in [0.15, 0.2) is 10.8 Å². The van der Waals surface area contributed by atoms with Gasteiger partial charge in [-0.1, -0.05) is 0 Å². The molecule has 0 unspecified atom stereocenters. The number of thiazole rings is 1. The third kappa shape index (κ3) is 4.24. The Morgan fingerprint density at radius 3 is 2.62 bits per heavy atom. The maximum atomic E-state index is 13.3. The van der Waals surface area contributed by atoms with Crippen molar-refractivity contribution >= 4 is 17.2 Å². The van der Waals surface area contributed by atoms with Crippen molar-refractivity contribution in [3.8, 4) is 10.8 Å². The molecule has 1 aliphatic carbocycles. The number of alkyl halides is 2. The molecule has 0 saturated heterocycles. The van der Waals surface area contributed by atoms with Gasteiger partial charge in [0.1, 0.15) is 5.82 Å². The van der Waals surface area contributed by atoms with E-state index in [0.717, 1.165) is 16.4 Å². The molecule has 8 heteroatoms. The number of nitrogens with zero attached hydrogens (tertiary/aromatic N) is 3. The van der Waals surface area contributed by atoms with Crippen LogP contribution in [0.2, 0.25) is 0 Å². The van der Waals surface area contributed by atoms with E-state index in [2.05, 4.69) is 25.6 Å². The molecule has 0 bridgehead atoms. The summed E-state index contributed by atoms with van der Waals surface area (Å²) in [5.74, 6) is -1.28. The zero-order valence-corrected chi connectivity index (χ0v) is 14.6. The molecule has 0 atom stereocenters. The van der Waals surface area contributed by atoms with Crippen molar-refractivity contribution in [1.82, 2.24) is 20.3 Å². The average molecular weight is 353 g/mol. The lowest BCUT2D eigenvalue weighted by Gasteiger charge is -2.29. The minimum Gasteiger partial charge on any atom is -0.367 e. The fraction of sp³-hybridized carbons (Fsp3) is 0.562. The highest BCUT2D eigenvalue weighted by Gasteiger charge is 2.35. The first kappa shape index (κ1) is 17.2. The normalized spacial score (nSPS) is 17.8. The van der Waals surface area contributed by atoms with Gasteiger partial charge in [-0.15, -0.1) is 11.3 Å². The Morgan fingerprint density at radius 2 is 2.00 bits per heavy atom. The molecule has 2 heterocycles. The Hall–Kier alpha value is -1.67. The molecule has 0 spiro atoms. The number of aryl methyl sites for hydroxylation is 1. The highest BCUT2D eigenvalue weighted by atomic mass is 32.1. The molecule has 2 aromatic rings. The van der Waals surface area contributed by atoms with Crippen molar-refractivity contribution < 1.29 is 8.78 Å². The number of rotatable bonds is 5. The highest BCUT2D eigenvalue weighted by molar-refractivity contribution is 7.13. The molecule has 130 valence electrons. The van der Waals surface area contributed by atoms with Crippen LogP contribution in [0.25, 0.3) is 10.8 Å². The van der Waals surface area contributed by atoms with Crippen molar-refractivity contribution in [3.05, 3.63) is 22.8 Å². The Balaban J connectivity index is 1.80. The fourth-order valence-corrected chi connectivity index (χ4v) is 3.52. The van der Waals surface area contributed by atoms with E-state index in [1.54, 1.807) is 0 Å². The molecule has 1 fully saturated rings. The first-order valence-electron chi connectivity index (χ1n) is 8.04. The molecule has 5 nitrogen and oxygen atoms in total. The summed E-state index contributed by atoms with van der Waals surface area (Å²) in [6, 6.07) is 1.89. The molecular weight excluding hydrogens is 332 g/mol. The highest BCUT2D eigenvalue weighted by Crippen LogP contribution is 2.34. The maximum Gasteiger partial charge on any atom is 0.248 e. The van der Waals surface area contributed by atoms with Crippen LogP contribution in [0.15, 0.2) is 11.4 Å². The summed E-state index contributed by atoms with van der Waals surface area (Å²) in [5.41, 5.74) is 1.78. The number of aromatic nitrogens is 3. The Morgan fingerprint density at radius 1 is 1.25 bits per heavy atom. The standard InChI is InChI=1S/C16H21F2N5S/c1-10-9-24-15(20-10)14-22-12(8-19-2)7-13(23-14)21-11-3-5-16(17,18)6-4-11/h7,9,11,19H,3-6,8H2,1-2H3,(H,21,22,23). The molecule has 24 heavy (non-hydrogen) atoms. The average Bonchev–Trinajstić information content (AvgIpc) is 2.96. The van der Waals surface area contributed by atoms with E-state index in [9.17, 15) is 8.78 Å².